The van der Waals surface area contributed by atoms with Crippen molar-refractivity contribution in [3.8, 4) is 11.5 Å². The summed E-state index contributed by atoms with van der Waals surface area (Å²) in [7, 11) is 1.51. The maximum atomic E-state index is 13.0. The number of phenols is 1. The van der Waals surface area contributed by atoms with Crippen molar-refractivity contribution in [1.29, 1.82) is 0 Å². The van der Waals surface area contributed by atoms with Crippen molar-refractivity contribution in [2.24, 2.45) is 0 Å². The molecule has 0 unspecified atom stereocenters. The predicted molar refractivity (Wildman–Crippen MR) is 131 cm³/mol. The van der Waals surface area contributed by atoms with Crippen LogP contribution in [0.2, 0.25) is 0 Å². The predicted octanol–water partition coefficient (Wildman–Crippen LogP) is 4.35. The van der Waals surface area contributed by atoms with Gasteiger partial charge in [0.05, 0.1) is 18.2 Å². The third-order valence-corrected chi connectivity index (χ3v) is 5.90. The number of carbonyl (C=O) groups is 2. The van der Waals surface area contributed by atoms with E-state index in [1.165, 1.54) is 24.1 Å². The summed E-state index contributed by atoms with van der Waals surface area (Å²) in [6, 6.07) is 20.2. The molecule has 0 aliphatic carbocycles. The quantitative estimate of drug-likeness (QED) is 0.287. The Balaban J connectivity index is 1.63. The number of ketones is 1. The lowest BCUT2D eigenvalue weighted by molar-refractivity contribution is -0.140. The van der Waals surface area contributed by atoms with Crippen molar-refractivity contribution in [3.05, 3.63) is 101 Å². The third-order valence-electron chi connectivity index (χ3n) is 5.90. The fourth-order valence-electron chi connectivity index (χ4n) is 4.14. The molecule has 1 fully saturated rings. The van der Waals surface area contributed by atoms with Crippen molar-refractivity contribution >= 4 is 17.4 Å². The molecular weight excluding hydrogens is 446 g/mol. The second-order valence-corrected chi connectivity index (χ2v) is 8.38. The normalized spacial score (nSPS) is 17.1. The first-order valence-corrected chi connectivity index (χ1v) is 11.2. The molecule has 1 saturated heterocycles. The van der Waals surface area contributed by atoms with Crippen LogP contribution in [-0.2, 0) is 20.9 Å². The van der Waals surface area contributed by atoms with Gasteiger partial charge in [-0.1, -0.05) is 42.0 Å². The van der Waals surface area contributed by atoms with Gasteiger partial charge in [0.2, 0.25) is 0 Å². The maximum Gasteiger partial charge on any atom is 0.295 e. The lowest BCUT2D eigenvalue weighted by Gasteiger charge is -2.25. The average Bonchev–Trinajstić information content (AvgIpc) is 3.11. The van der Waals surface area contributed by atoms with Crippen LogP contribution in [-0.4, -0.2) is 47.1 Å². The molecule has 7 heteroatoms. The molecule has 1 amide bonds. The largest absolute Gasteiger partial charge is 0.508 e. The number of likely N-dealkylation sites (tertiary alicyclic amines) is 1. The van der Waals surface area contributed by atoms with Crippen molar-refractivity contribution in [3.63, 3.8) is 0 Å². The van der Waals surface area contributed by atoms with Crippen LogP contribution in [0.4, 0.5) is 0 Å². The van der Waals surface area contributed by atoms with E-state index in [4.69, 9.17) is 9.47 Å². The van der Waals surface area contributed by atoms with Gasteiger partial charge in [-0.05, 0) is 54.4 Å². The van der Waals surface area contributed by atoms with Gasteiger partial charge in [-0.3, -0.25) is 9.59 Å². The lowest BCUT2D eigenvalue weighted by atomic mass is 9.95. The van der Waals surface area contributed by atoms with Gasteiger partial charge in [-0.15, -0.1) is 0 Å². The number of hydrogen-bond acceptors (Lipinski definition) is 6. The number of aliphatic hydroxyl groups is 1. The molecule has 3 aromatic rings. The standard InChI is InChI=1S/C28H27NO6/c1-18-4-3-5-19(16-18)17-35-23-12-8-21(9-13-23)26(31)24-25(20-6-10-22(30)11-7-20)29(14-15-34-2)28(33)27(24)32/h3-13,16,25,30-31H,14-15,17H2,1-2H3/t25-/m1/s1. The number of carbonyl (C=O) groups excluding carboxylic acids is 2. The highest BCUT2D eigenvalue weighted by Crippen LogP contribution is 2.39. The lowest BCUT2D eigenvalue weighted by Crippen LogP contribution is -2.32. The van der Waals surface area contributed by atoms with E-state index < -0.39 is 17.7 Å². The van der Waals surface area contributed by atoms with Gasteiger partial charge >= 0.3 is 0 Å². The Labute approximate surface area is 203 Å². The van der Waals surface area contributed by atoms with Crippen LogP contribution in [0.1, 0.15) is 28.3 Å². The zero-order valence-corrected chi connectivity index (χ0v) is 19.6. The molecule has 1 aliphatic heterocycles. The molecule has 7 nitrogen and oxygen atoms in total. The molecule has 3 aromatic carbocycles. The van der Waals surface area contributed by atoms with Crippen molar-refractivity contribution < 1.29 is 29.3 Å². The number of rotatable bonds is 8. The minimum Gasteiger partial charge on any atom is -0.508 e. The Hall–Kier alpha value is -4.10. The monoisotopic (exact) mass is 473 g/mol. The second kappa shape index (κ2) is 10.4. The van der Waals surface area contributed by atoms with E-state index in [1.54, 1.807) is 36.4 Å². The highest BCUT2D eigenvalue weighted by molar-refractivity contribution is 6.46. The number of aryl methyl sites for hydroxylation is 1. The summed E-state index contributed by atoms with van der Waals surface area (Å²) in [5, 5.41) is 20.8. The number of phenolic OH excluding ortho intramolecular Hbond substituents is 1. The Bertz CT molecular complexity index is 1250. The van der Waals surface area contributed by atoms with Crippen molar-refractivity contribution in [1.82, 2.24) is 4.90 Å². The summed E-state index contributed by atoms with van der Waals surface area (Å²) in [5.41, 5.74) is 3.17. The molecule has 0 radical (unpaired) electrons. The molecule has 1 heterocycles. The minimum absolute atomic E-state index is 0.00905. The van der Waals surface area contributed by atoms with Crippen LogP contribution in [0.5, 0.6) is 11.5 Å². The van der Waals surface area contributed by atoms with Crippen LogP contribution in [0.25, 0.3) is 5.76 Å². The topological polar surface area (TPSA) is 96.3 Å². The fraction of sp³-hybridized carbons (Fsp3) is 0.214. The number of methoxy groups -OCH3 is 1. The first-order chi connectivity index (χ1) is 16.9. The molecule has 35 heavy (non-hydrogen) atoms. The van der Waals surface area contributed by atoms with E-state index in [1.807, 2.05) is 31.2 Å². The highest BCUT2D eigenvalue weighted by atomic mass is 16.5. The summed E-state index contributed by atoms with van der Waals surface area (Å²) < 4.78 is 11.0. The number of aliphatic hydroxyl groups excluding tert-OH is 1. The smallest absolute Gasteiger partial charge is 0.295 e. The van der Waals surface area contributed by atoms with Gasteiger partial charge in [-0.2, -0.15) is 0 Å². The molecule has 0 spiro atoms. The molecule has 2 N–H and O–H groups in total. The van der Waals surface area contributed by atoms with Crippen LogP contribution in [0, 0.1) is 6.92 Å². The van der Waals surface area contributed by atoms with Gasteiger partial charge in [0.15, 0.2) is 0 Å². The number of Topliss-reactive ketones (excluding diaryl/α,β-unsaturated/α-hetero) is 1. The molecule has 0 aromatic heterocycles. The SMILES string of the molecule is COCCN1C(=O)C(=O)C(=C(O)c2ccc(OCc3cccc(C)c3)cc2)[C@H]1c1ccc(O)cc1. The van der Waals surface area contributed by atoms with E-state index in [0.717, 1.165) is 11.1 Å². The molecule has 1 aliphatic rings. The molecule has 180 valence electrons. The summed E-state index contributed by atoms with van der Waals surface area (Å²) in [4.78, 5) is 27.2. The number of ether oxygens (including phenoxy) is 2. The van der Waals surface area contributed by atoms with E-state index in [0.29, 0.717) is 23.5 Å². The van der Waals surface area contributed by atoms with Gasteiger partial charge in [-0.25, -0.2) is 0 Å². The van der Waals surface area contributed by atoms with Crippen LogP contribution in [0.3, 0.4) is 0 Å². The minimum atomic E-state index is -0.803. The third kappa shape index (κ3) is 5.20. The molecule has 0 bridgehead atoms. The number of benzene rings is 3. The molecule has 0 saturated carbocycles. The Kier molecular flexibility index (Phi) is 7.17. The second-order valence-electron chi connectivity index (χ2n) is 8.38. The Morgan fingerprint density at radius 3 is 2.37 bits per heavy atom. The Morgan fingerprint density at radius 2 is 1.71 bits per heavy atom. The summed E-state index contributed by atoms with van der Waals surface area (Å²) in [6.45, 7) is 2.83. The summed E-state index contributed by atoms with van der Waals surface area (Å²) >= 11 is 0. The molecule has 4 rings (SSSR count). The summed E-state index contributed by atoms with van der Waals surface area (Å²) in [6.07, 6.45) is 0. The zero-order chi connectivity index (χ0) is 24.9. The number of hydrogen-bond donors (Lipinski definition) is 2. The molecule has 1 atom stereocenters. The number of aromatic hydroxyl groups is 1. The number of amides is 1. The fourth-order valence-corrected chi connectivity index (χ4v) is 4.14. The first-order valence-electron chi connectivity index (χ1n) is 11.2. The van der Waals surface area contributed by atoms with Crippen LogP contribution < -0.4 is 4.74 Å². The van der Waals surface area contributed by atoms with E-state index in [-0.39, 0.29) is 30.2 Å². The van der Waals surface area contributed by atoms with Crippen molar-refractivity contribution in [2.75, 3.05) is 20.3 Å². The average molecular weight is 474 g/mol. The summed E-state index contributed by atoms with van der Waals surface area (Å²) in [5.74, 6) is -1.08. The zero-order valence-electron chi connectivity index (χ0n) is 19.6. The maximum absolute atomic E-state index is 13.0. The Morgan fingerprint density at radius 1 is 1.00 bits per heavy atom. The van der Waals surface area contributed by atoms with E-state index in [9.17, 15) is 19.8 Å². The van der Waals surface area contributed by atoms with E-state index >= 15 is 0 Å². The number of nitrogens with zero attached hydrogens (tertiary/aromatic N) is 1. The van der Waals surface area contributed by atoms with Crippen molar-refractivity contribution in [2.45, 2.75) is 19.6 Å². The van der Waals surface area contributed by atoms with Gasteiger partial charge in [0, 0.05) is 19.2 Å². The van der Waals surface area contributed by atoms with Crippen LogP contribution in [0.15, 0.2) is 78.4 Å². The van der Waals surface area contributed by atoms with E-state index in [2.05, 4.69) is 0 Å². The van der Waals surface area contributed by atoms with Crippen LogP contribution >= 0.6 is 0 Å². The van der Waals surface area contributed by atoms with Gasteiger partial charge < -0.3 is 24.6 Å². The highest BCUT2D eigenvalue weighted by Gasteiger charge is 2.45. The van der Waals surface area contributed by atoms with Gasteiger partial charge in [0.25, 0.3) is 11.7 Å². The van der Waals surface area contributed by atoms with Gasteiger partial charge in [0.1, 0.15) is 23.9 Å². The molecular formula is C28H27NO6. The first kappa shape index (κ1) is 24.0.